The van der Waals surface area contributed by atoms with E-state index in [4.69, 9.17) is 9.47 Å². The molecule has 1 aromatic rings. The number of ether oxygens (including phenoxy) is 2. The third-order valence-electron chi connectivity index (χ3n) is 3.82. The molecule has 3 nitrogen and oxygen atoms in total. The molecule has 0 aromatic heterocycles. The van der Waals surface area contributed by atoms with Crippen molar-refractivity contribution in [3.8, 4) is 5.75 Å². The second kappa shape index (κ2) is 9.06. The van der Waals surface area contributed by atoms with Gasteiger partial charge in [-0.05, 0) is 64.3 Å². The summed E-state index contributed by atoms with van der Waals surface area (Å²) in [6.45, 7) is 10.2. The molecular weight excluding hydrogens is 262 g/mol. The minimum atomic E-state index is -0.0720. The van der Waals surface area contributed by atoms with Gasteiger partial charge in [-0.2, -0.15) is 0 Å². The Morgan fingerprint density at radius 3 is 2.33 bits per heavy atom. The molecule has 0 aliphatic heterocycles. The first kappa shape index (κ1) is 18.0. The summed E-state index contributed by atoms with van der Waals surface area (Å²) in [5.41, 5.74) is 1.25. The molecule has 0 bridgehead atoms. The number of hydrogen-bond donors (Lipinski definition) is 1. The van der Waals surface area contributed by atoms with Crippen LogP contribution in [-0.2, 0) is 4.74 Å². The Hall–Kier alpha value is -1.06. The molecule has 0 fully saturated rings. The quantitative estimate of drug-likeness (QED) is 0.696. The summed E-state index contributed by atoms with van der Waals surface area (Å²) in [5, 5.41) is 3.64. The Morgan fingerprint density at radius 1 is 1.14 bits per heavy atom. The monoisotopic (exact) mass is 293 g/mol. The number of methoxy groups -OCH3 is 1. The van der Waals surface area contributed by atoms with E-state index in [-0.39, 0.29) is 5.60 Å². The SMILES string of the molecule is CCCNC(CCC(C)(C)OC)c1ccc(OCC)cc1. The molecule has 1 atom stereocenters. The number of benzene rings is 1. The minimum absolute atomic E-state index is 0.0720. The van der Waals surface area contributed by atoms with Gasteiger partial charge < -0.3 is 14.8 Å². The molecule has 1 unspecified atom stereocenters. The fourth-order valence-corrected chi connectivity index (χ4v) is 2.26. The Bertz CT molecular complexity index is 387. The van der Waals surface area contributed by atoms with Crippen molar-refractivity contribution < 1.29 is 9.47 Å². The Balaban J connectivity index is 2.71. The maximum Gasteiger partial charge on any atom is 0.119 e. The van der Waals surface area contributed by atoms with Crippen LogP contribution in [0.15, 0.2) is 24.3 Å². The van der Waals surface area contributed by atoms with E-state index in [1.807, 2.05) is 6.92 Å². The number of rotatable bonds is 10. The van der Waals surface area contributed by atoms with Crippen molar-refractivity contribution >= 4 is 0 Å². The van der Waals surface area contributed by atoms with Gasteiger partial charge in [-0.25, -0.2) is 0 Å². The zero-order valence-corrected chi connectivity index (χ0v) is 14.2. The second-order valence-electron chi connectivity index (χ2n) is 6.01. The van der Waals surface area contributed by atoms with Crippen LogP contribution >= 0.6 is 0 Å². The standard InChI is InChI=1S/C18H31NO2/c1-6-14-19-17(12-13-18(3,4)20-5)15-8-10-16(11-9-15)21-7-2/h8-11,17,19H,6-7,12-14H2,1-5H3. The molecule has 3 heteroatoms. The summed E-state index contributed by atoms with van der Waals surface area (Å²) in [4.78, 5) is 0. The maximum atomic E-state index is 5.53. The molecule has 21 heavy (non-hydrogen) atoms. The van der Waals surface area contributed by atoms with Crippen molar-refractivity contribution in [3.05, 3.63) is 29.8 Å². The molecule has 0 heterocycles. The second-order valence-corrected chi connectivity index (χ2v) is 6.01. The highest BCUT2D eigenvalue weighted by atomic mass is 16.5. The van der Waals surface area contributed by atoms with E-state index in [0.717, 1.165) is 31.6 Å². The number of nitrogens with one attached hydrogen (secondary N) is 1. The van der Waals surface area contributed by atoms with Crippen molar-refractivity contribution in [2.45, 2.75) is 58.6 Å². The van der Waals surface area contributed by atoms with Crippen LogP contribution in [-0.4, -0.2) is 25.9 Å². The summed E-state index contributed by atoms with van der Waals surface area (Å²) in [5.74, 6) is 0.938. The molecule has 0 radical (unpaired) electrons. The summed E-state index contributed by atoms with van der Waals surface area (Å²) in [7, 11) is 1.78. The first-order valence-corrected chi connectivity index (χ1v) is 8.03. The van der Waals surface area contributed by atoms with Crippen LogP contribution in [0.4, 0.5) is 0 Å². The highest BCUT2D eigenvalue weighted by Gasteiger charge is 2.20. The molecular formula is C18H31NO2. The smallest absolute Gasteiger partial charge is 0.119 e. The minimum Gasteiger partial charge on any atom is -0.494 e. The predicted octanol–water partition coefficient (Wildman–Crippen LogP) is 4.33. The zero-order valence-electron chi connectivity index (χ0n) is 14.2. The van der Waals surface area contributed by atoms with E-state index in [0.29, 0.717) is 12.6 Å². The molecule has 1 aromatic carbocycles. The highest BCUT2D eigenvalue weighted by molar-refractivity contribution is 5.29. The lowest BCUT2D eigenvalue weighted by Crippen LogP contribution is -2.27. The van der Waals surface area contributed by atoms with E-state index >= 15 is 0 Å². The first-order chi connectivity index (χ1) is 10.0. The van der Waals surface area contributed by atoms with Crippen molar-refractivity contribution in [3.63, 3.8) is 0 Å². The lowest BCUT2D eigenvalue weighted by Gasteiger charge is -2.27. The van der Waals surface area contributed by atoms with E-state index in [1.165, 1.54) is 5.56 Å². The molecule has 120 valence electrons. The molecule has 0 aliphatic carbocycles. The fraction of sp³-hybridized carbons (Fsp3) is 0.667. The van der Waals surface area contributed by atoms with Crippen molar-refractivity contribution in [1.82, 2.24) is 5.32 Å². The van der Waals surface area contributed by atoms with Gasteiger partial charge >= 0.3 is 0 Å². The van der Waals surface area contributed by atoms with Gasteiger partial charge in [0.25, 0.3) is 0 Å². The van der Waals surface area contributed by atoms with Crippen molar-refractivity contribution in [2.24, 2.45) is 0 Å². The first-order valence-electron chi connectivity index (χ1n) is 8.03. The topological polar surface area (TPSA) is 30.5 Å². The van der Waals surface area contributed by atoms with E-state index in [1.54, 1.807) is 7.11 Å². The zero-order chi connectivity index (χ0) is 15.7. The van der Waals surface area contributed by atoms with Gasteiger partial charge in [-0.3, -0.25) is 0 Å². The lowest BCUT2D eigenvalue weighted by molar-refractivity contribution is 0.0117. The number of hydrogen-bond acceptors (Lipinski definition) is 3. The Labute approximate surface area is 130 Å². The summed E-state index contributed by atoms with van der Waals surface area (Å²) < 4.78 is 11.0. The summed E-state index contributed by atoms with van der Waals surface area (Å²) >= 11 is 0. The summed E-state index contributed by atoms with van der Waals surface area (Å²) in [6, 6.07) is 8.81. The van der Waals surface area contributed by atoms with Gasteiger partial charge in [0, 0.05) is 13.2 Å². The fourth-order valence-electron chi connectivity index (χ4n) is 2.26. The van der Waals surface area contributed by atoms with Crippen LogP contribution < -0.4 is 10.1 Å². The van der Waals surface area contributed by atoms with Gasteiger partial charge in [-0.1, -0.05) is 19.1 Å². The van der Waals surface area contributed by atoms with Crippen LogP contribution in [0.3, 0.4) is 0 Å². The van der Waals surface area contributed by atoms with Crippen LogP contribution in [0.25, 0.3) is 0 Å². The van der Waals surface area contributed by atoms with Crippen molar-refractivity contribution in [1.29, 1.82) is 0 Å². The average Bonchev–Trinajstić information content (AvgIpc) is 2.49. The van der Waals surface area contributed by atoms with E-state index in [9.17, 15) is 0 Å². The van der Waals surface area contributed by atoms with Gasteiger partial charge in [0.2, 0.25) is 0 Å². The summed E-state index contributed by atoms with van der Waals surface area (Å²) in [6.07, 6.45) is 3.23. The highest BCUT2D eigenvalue weighted by Crippen LogP contribution is 2.26. The molecule has 0 spiro atoms. The maximum absolute atomic E-state index is 5.53. The van der Waals surface area contributed by atoms with Gasteiger partial charge in [0.15, 0.2) is 0 Å². The van der Waals surface area contributed by atoms with E-state index < -0.39 is 0 Å². The lowest BCUT2D eigenvalue weighted by atomic mass is 9.94. The average molecular weight is 293 g/mol. The Morgan fingerprint density at radius 2 is 1.81 bits per heavy atom. The van der Waals surface area contributed by atoms with Crippen LogP contribution in [0.1, 0.15) is 58.6 Å². The van der Waals surface area contributed by atoms with Crippen LogP contribution in [0.5, 0.6) is 5.75 Å². The molecule has 0 saturated carbocycles. The third kappa shape index (κ3) is 6.49. The van der Waals surface area contributed by atoms with E-state index in [2.05, 4.69) is 50.4 Å². The molecule has 0 aliphatic rings. The van der Waals surface area contributed by atoms with Gasteiger partial charge in [0.1, 0.15) is 5.75 Å². The molecule has 1 rings (SSSR count). The molecule has 0 amide bonds. The molecule has 0 saturated heterocycles. The van der Waals surface area contributed by atoms with Crippen LogP contribution in [0.2, 0.25) is 0 Å². The molecule has 1 N–H and O–H groups in total. The normalized spacial score (nSPS) is 13.2. The third-order valence-corrected chi connectivity index (χ3v) is 3.82. The van der Waals surface area contributed by atoms with Gasteiger partial charge in [0.05, 0.1) is 12.2 Å². The van der Waals surface area contributed by atoms with Gasteiger partial charge in [-0.15, -0.1) is 0 Å². The Kier molecular flexibility index (Phi) is 7.76. The largest absolute Gasteiger partial charge is 0.494 e. The van der Waals surface area contributed by atoms with Crippen molar-refractivity contribution in [2.75, 3.05) is 20.3 Å². The van der Waals surface area contributed by atoms with Crippen LogP contribution in [0, 0.1) is 0 Å². The predicted molar refractivity (Wildman–Crippen MR) is 89.0 cm³/mol.